The highest BCUT2D eigenvalue weighted by atomic mass is 16.5. The number of H-pyrrole nitrogens is 1. The highest BCUT2D eigenvalue weighted by molar-refractivity contribution is 5.58. The Morgan fingerprint density at radius 2 is 2.04 bits per heavy atom. The molecule has 0 saturated carbocycles. The summed E-state index contributed by atoms with van der Waals surface area (Å²) in [6.07, 6.45) is 3.52. The van der Waals surface area contributed by atoms with E-state index in [2.05, 4.69) is 27.3 Å². The number of hydrogen-bond donors (Lipinski definition) is 1. The van der Waals surface area contributed by atoms with Gasteiger partial charge in [-0.05, 0) is 31.9 Å². The van der Waals surface area contributed by atoms with Crippen LogP contribution in [0.3, 0.4) is 0 Å². The summed E-state index contributed by atoms with van der Waals surface area (Å²) in [6.45, 7) is 1.55. The molecule has 0 spiro atoms. The first kappa shape index (κ1) is 14.2. The van der Waals surface area contributed by atoms with Gasteiger partial charge in [-0.3, -0.25) is 10.00 Å². The predicted octanol–water partition coefficient (Wildman–Crippen LogP) is 3.19. The summed E-state index contributed by atoms with van der Waals surface area (Å²) in [4.78, 5) is 2.21. The van der Waals surface area contributed by atoms with Crippen LogP contribution in [0.5, 0.6) is 0 Å². The molecule has 4 rings (SSSR count). The predicted molar refractivity (Wildman–Crippen MR) is 87.7 cm³/mol. The molecular formula is C18H20N4O. The van der Waals surface area contributed by atoms with Crippen molar-refractivity contribution in [1.29, 1.82) is 0 Å². The number of benzene rings is 1. The third kappa shape index (κ3) is 2.92. The summed E-state index contributed by atoms with van der Waals surface area (Å²) in [5.41, 5.74) is 5.87. The molecule has 118 valence electrons. The molecule has 0 radical (unpaired) electrons. The molecule has 1 N–H and O–H groups in total. The maximum Gasteiger partial charge on any atom is 0.151 e. The number of nitrogens with one attached hydrogen (secondary N) is 1. The second-order valence-electron chi connectivity index (χ2n) is 6.20. The van der Waals surface area contributed by atoms with Crippen molar-refractivity contribution in [3.63, 3.8) is 0 Å². The van der Waals surface area contributed by atoms with Gasteiger partial charge in [0.05, 0.1) is 12.2 Å². The highest BCUT2D eigenvalue weighted by Crippen LogP contribution is 2.24. The second-order valence-corrected chi connectivity index (χ2v) is 6.20. The van der Waals surface area contributed by atoms with E-state index in [1.54, 1.807) is 0 Å². The normalized spacial score (nSPS) is 13.7. The molecule has 0 unspecified atom stereocenters. The lowest BCUT2D eigenvalue weighted by molar-refractivity contribution is 0.264. The van der Waals surface area contributed by atoms with Crippen LogP contribution in [0.1, 0.15) is 29.1 Å². The molecule has 0 fully saturated rings. The molecule has 0 amide bonds. The number of nitrogens with zero attached hydrogens (tertiary/aromatic N) is 3. The number of aromatic amines is 1. The van der Waals surface area contributed by atoms with E-state index < -0.39 is 0 Å². The first-order chi connectivity index (χ1) is 11.3. The van der Waals surface area contributed by atoms with Crippen LogP contribution in [0.15, 0.2) is 40.9 Å². The van der Waals surface area contributed by atoms with Crippen molar-refractivity contribution in [3.05, 3.63) is 59.1 Å². The molecule has 0 saturated heterocycles. The summed E-state index contributed by atoms with van der Waals surface area (Å²) < 4.78 is 5.48. The van der Waals surface area contributed by atoms with E-state index >= 15 is 0 Å². The van der Waals surface area contributed by atoms with Crippen LogP contribution < -0.4 is 0 Å². The van der Waals surface area contributed by atoms with Gasteiger partial charge in [-0.25, -0.2) is 0 Å². The molecular weight excluding hydrogens is 288 g/mol. The zero-order valence-corrected chi connectivity index (χ0v) is 13.2. The third-order valence-electron chi connectivity index (χ3n) is 4.37. The molecule has 1 aliphatic carbocycles. The van der Waals surface area contributed by atoms with E-state index in [1.165, 1.54) is 23.4 Å². The van der Waals surface area contributed by atoms with Crippen molar-refractivity contribution in [2.45, 2.75) is 32.4 Å². The van der Waals surface area contributed by atoms with E-state index in [0.29, 0.717) is 0 Å². The summed E-state index contributed by atoms with van der Waals surface area (Å²) in [7, 11) is 2.08. The standard InChI is InChI=1S/C18H20N4O/c1-22(12-18-15-8-5-9-16(15)19-20-18)11-14-10-17(21-23-14)13-6-3-2-4-7-13/h2-4,6-7,10H,5,8-9,11-12H2,1H3,(H,19,20). The van der Waals surface area contributed by atoms with Gasteiger partial charge in [0.25, 0.3) is 0 Å². The largest absolute Gasteiger partial charge is 0.359 e. The molecule has 1 aliphatic rings. The lowest BCUT2D eigenvalue weighted by atomic mass is 10.1. The third-order valence-corrected chi connectivity index (χ3v) is 4.37. The minimum Gasteiger partial charge on any atom is -0.359 e. The van der Waals surface area contributed by atoms with Crippen molar-refractivity contribution in [2.24, 2.45) is 0 Å². The fourth-order valence-electron chi connectivity index (χ4n) is 3.23. The summed E-state index contributed by atoms with van der Waals surface area (Å²) in [5, 5.41) is 11.8. The number of hydrogen-bond acceptors (Lipinski definition) is 4. The molecule has 0 atom stereocenters. The lowest BCUT2D eigenvalue weighted by Gasteiger charge is -2.13. The molecule has 5 heteroatoms. The Morgan fingerprint density at radius 1 is 1.17 bits per heavy atom. The van der Waals surface area contributed by atoms with Gasteiger partial charge < -0.3 is 4.52 Å². The van der Waals surface area contributed by atoms with Crippen LogP contribution in [0.4, 0.5) is 0 Å². The molecule has 3 aromatic rings. The van der Waals surface area contributed by atoms with Gasteiger partial charge >= 0.3 is 0 Å². The van der Waals surface area contributed by atoms with Crippen LogP contribution in [0, 0.1) is 0 Å². The topological polar surface area (TPSA) is 58.0 Å². The Hall–Kier alpha value is -2.40. The maximum absolute atomic E-state index is 5.48. The lowest BCUT2D eigenvalue weighted by Crippen LogP contribution is -2.18. The SMILES string of the molecule is CN(Cc1cc(-c2ccccc2)no1)Cc1n[nH]c2c1CCC2. The minimum absolute atomic E-state index is 0.724. The first-order valence-electron chi connectivity index (χ1n) is 8.04. The Bertz CT molecular complexity index is 790. The van der Waals surface area contributed by atoms with Gasteiger partial charge in [0.15, 0.2) is 5.76 Å². The smallest absolute Gasteiger partial charge is 0.151 e. The second kappa shape index (κ2) is 6.01. The quantitative estimate of drug-likeness (QED) is 0.786. The number of rotatable bonds is 5. The summed E-state index contributed by atoms with van der Waals surface area (Å²) >= 11 is 0. The average Bonchev–Trinajstić information content (AvgIpc) is 3.27. The van der Waals surface area contributed by atoms with Gasteiger partial charge in [-0.1, -0.05) is 35.5 Å². The van der Waals surface area contributed by atoms with Crippen molar-refractivity contribution in [1.82, 2.24) is 20.3 Å². The van der Waals surface area contributed by atoms with Crippen molar-refractivity contribution in [3.8, 4) is 11.3 Å². The highest BCUT2D eigenvalue weighted by Gasteiger charge is 2.19. The molecule has 1 aromatic carbocycles. The molecule has 2 aromatic heterocycles. The van der Waals surface area contributed by atoms with E-state index in [-0.39, 0.29) is 0 Å². The first-order valence-corrected chi connectivity index (χ1v) is 8.04. The van der Waals surface area contributed by atoms with Crippen LogP contribution in [-0.2, 0) is 25.9 Å². The molecule has 2 heterocycles. The Labute approximate surface area is 135 Å². The number of fused-ring (bicyclic) bond motifs is 1. The van der Waals surface area contributed by atoms with E-state index in [1.807, 2.05) is 36.4 Å². The van der Waals surface area contributed by atoms with Gasteiger partial charge in [0, 0.05) is 23.9 Å². The summed E-state index contributed by atoms with van der Waals surface area (Å²) in [5.74, 6) is 0.874. The Kier molecular flexibility index (Phi) is 3.71. The van der Waals surface area contributed by atoms with E-state index in [0.717, 1.165) is 42.9 Å². The minimum atomic E-state index is 0.724. The van der Waals surface area contributed by atoms with Gasteiger partial charge in [0.1, 0.15) is 5.69 Å². The Balaban J connectivity index is 1.43. The maximum atomic E-state index is 5.48. The molecule has 0 bridgehead atoms. The van der Waals surface area contributed by atoms with Gasteiger partial charge in [0.2, 0.25) is 0 Å². The monoisotopic (exact) mass is 308 g/mol. The van der Waals surface area contributed by atoms with Crippen molar-refractivity contribution in [2.75, 3.05) is 7.05 Å². The van der Waals surface area contributed by atoms with Crippen molar-refractivity contribution >= 4 is 0 Å². The van der Waals surface area contributed by atoms with Crippen LogP contribution in [0.2, 0.25) is 0 Å². The van der Waals surface area contributed by atoms with Crippen LogP contribution in [-0.4, -0.2) is 27.3 Å². The average molecular weight is 308 g/mol. The molecule has 0 aliphatic heterocycles. The van der Waals surface area contributed by atoms with Crippen LogP contribution in [0.25, 0.3) is 11.3 Å². The zero-order valence-electron chi connectivity index (χ0n) is 13.2. The summed E-state index contributed by atoms with van der Waals surface area (Å²) in [6, 6.07) is 12.1. The number of aromatic nitrogens is 3. The molecule has 5 nitrogen and oxygen atoms in total. The van der Waals surface area contributed by atoms with Gasteiger partial charge in [-0.2, -0.15) is 5.10 Å². The fourth-order valence-corrected chi connectivity index (χ4v) is 3.23. The van der Waals surface area contributed by atoms with E-state index in [9.17, 15) is 0 Å². The van der Waals surface area contributed by atoms with Crippen molar-refractivity contribution < 1.29 is 4.52 Å². The number of aryl methyl sites for hydroxylation is 1. The fraction of sp³-hybridized carbons (Fsp3) is 0.333. The van der Waals surface area contributed by atoms with Crippen LogP contribution >= 0.6 is 0 Å². The van der Waals surface area contributed by atoms with E-state index in [4.69, 9.17) is 4.52 Å². The zero-order chi connectivity index (χ0) is 15.6. The Morgan fingerprint density at radius 3 is 2.91 bits per heavy atom. The molecule has 23 heavy (non-hydrogen) atoms. The van der Waals surface area contributed by atoms with Gasteiger partial charge in [-0.15, -0.1) is 0 Å².